The molecule has 1 aliphatic heterocycles. The second-order valence-corrected chi connectivity index (χ2v) is 7.60. The van der Waals surface area contributed by atoms with Crippen LogP contribution in [0.2, 0.25) is 0 Å². The smallest absolute Gasteiger partial charge is 0.233 e. The van der Waals surface area contributed by atoms with E-state index in [4.69, 9.17) is 13.9 Å². The van der Waals surface area contributed by atoms with Gasteiger partial charge in [0.15, 0.2) is 6.29 Å². The van der Waals surface area contributed by atoms with Crippen molar-refractivity contribution in [2.45, 2.75) is 18.5 Å². The van der Waals surface area contributed by atoms with E-state index in [1.165, 1.54) is 6.26 Å². The van der Waals surface area contributed by atoms with Crippen LogP contribution in [0.4, 0.5) is 0 Å². The average Bonchev–Trinajstić information content (AvgIpc) is 3.39. The van der Waals surface area contributed by atoms with Gasteiger partial charge in [-0.15, -0.1) is 0 Å². The van der Waals surface area contributed by atoms with Crippen molar-refractivity contribution in [3.8, 4) is 0 Å². The maximum atomic E-state index is 11.9. The van der Waals surface area contributed by atoms with E-state index in [0.29, 0.717) is 25.4 Å². The van der Waals surface area contributed by atoms with Gasteiger partial charge in [-0.25, -0.2) is 0 Å². The minimum absolute atomic E-state index is 0.00531. The lowest BCUT2D eigenvalue weighted by Gasteiger charge is -2.10. The van der Waals surface area contributed by atoms with Crippen LogP contribution in [-0.4, -0.2) is 45.7 Å². The van der Waals surface area contributed by atoms with Gasteiger partial charge in [0.2, 0.25) is 5.91 Å². The lowest BCUT2D eigenvalue weighted by molar-refractivity contribution is -0.118. The molecule has 0 radical (unpaired) electrons. The number of amides is 1. The number of nitrogens with one attached hydrogen (secondary N) is 1. The molecule has 1 unspecified atom stereocenters. The number of hydrogen-bond acceptors (Lipinski definition) is 7. The predicted molar refractivity (Wildman–Crippen MR) is 102 cm³/mol. The molecule has 2 N–H and O–H groups in total. The van der Waals surface area contributed by atoms with E-state index in [9.17, 15) is 14.1 Å². The van der Waals surface area contributed by atoms with E-state index in [1.807, 2.05) is 12.1 Å². The number of furan rings is 1. The molecule has 8 nitrogen and oxygen atoms in total. The molecule has 3 rings (SSSR count). The van der Waals surface area contributed by atoms with Gasteiger partial charge < -0.3 is 24.3 Å². The first-order valence-electron chi connectivity index (χ1n) is 8.80. The monoisotopic (exact) mass is 406 g/mol. The number of aliphatic hydroxyl groups is 1. The van der Waals surface area contributed by atoms with Crippen LogP contribution in [-0.2, 0) is 37.2 Å². The molecule has 3 heterocycles. The van der Waals surface area contributed by atoms with Gasteiger partial charge in [-0.2, -0.15) is 0 Å². The Morgan fingerprint density at radius 1 is 1.36 bits per heavy atom. The molecule has 0 bridgehead atoms. The molecule has 1 atom stereocenters. The van der Waals surface area contributed by atoms with Crippen molar-refractivity contribution in [1.29, 1.82) is 0 Å². The van der Waals surface area contributed by atoms with Crippen LogP contribution in [0.15, 0.2) is 53.0 Å². The van der Waals surface area contributed by atoms with E-state index in [0.717, 1.165) is 11.3 Å². The Balaban J connectivity index is 1.42. The molecule has 1 amide bonds. The molecule has 9 heteroatoms. The predicted octanol–water partition coefficient (Wildman–Crippen LogP) is 1.77. The third-order valence-electron chi connectivity index (χ3n) is 3.92. The lowest BCUT2D eigenvalue weighted by atomic mass is 10.2. The van der Waals surface area contributed by atoms with Crippen LogP contribution in [0.1, 0.15) is 23.3 Å². The number of aromatic nitrogens is 1. The highest BCUT2D eigenvalue weighted by molar-refractivity contribution is 7.84. The fraction of sp³-hybridized carbons (Fsp3) is 0.368. The average molecular weight is 406 g/mol. The maximum absolute atomic E-state index is 11.9. The second-order valence-electron chi connectivity index (χ2n) is 6.14. The van der Waals surface area contributed by atoms with E-state index < -0.39 is 16.7 Å². The number of aliphatic hydroxyl groups excluding tert-OH is 1. The first-order chi connectivity index (χ1) is 13.6. The first kappa shape index (κ1) is 20.2. The topological polar surface area (TPSA) is 111 Å². The van der Waals surface area contributed by atoms with Crippen molar-refractivity contribution in [3.63, 3.8) is 0 Å². The third-order valence-corrected chi connectivity index (χ3v) is 5.11. The summed E-state index contributed by atoms with van der Waals surface area (Å²) in [5, 5.41) is 12.5. The van der Waals surface area contributed by atoms with Gasteiger partial charge in [-0.3, -0.25) is 14.0 Å². The van der Waals surface area contributed by atoms with Crippen LogP contribution < -0.4 is 5.32 Å². The SMILES string of the molecule is O=C(CS(=O)Cc1ccco1)NC/C(O)=C/Cc1cc(C2OCCO2)ccn1. The molecule has 150 valence electrons. The number of nitrogens with zero attached hydrogens (tertiary/aromatic N) is 1. The lowest BCUT2D eigenvalue weighted by Crippen LogP contribution is -2.30. The Morgan fingerprint density at radius 2 is 2.18 bits per heavy atom. The van der Waals surface area contributed by atoms with E-state index in [1.54, 1.807) is 24.4 Å². The maximum Gasteiger partial charge on any atom is 0.233 e. The van der Waals surface area contributed by atoms with Crippen molar-refractivity contribution >= 4 is 16.7 Å². The summed E-state index contributed by atoms with van der Waals surface area (Å²) in [6.07, 6.45) is 4.75. The quantitative estimate of drug-likeness (QED) is 0.611. The van der Waals surface area contributed by atoms with Gasteiger partial charge >= 0.3 is 0 Å². The Labute approximate surface area is 165 Å². The van der Waals surface area contributed by atoms with Crippen molar-refractivity contribution in [1.82, 2.24) is 10.3 Å². The molecule has 1 saturated heterocycles. The molecule has 2 aromatic heterocycles. The van der Waals surface area contributed by atoms with Gasteiger partial charge in [0.05, 0.1) is 31.8 Å². The number of ether oxygens (including phenoxy) is 2. The van der Waals surface area contributed by atoms with Crippen molar-refractivity contribution < 1.29 is 28.0 Å². The van der Waals surface area contributed by atoms with Crippen LogP contribution >= 0.6 is 0 Å². The number of rotatable bonds is 9. The summed E-state index contributed by atoms with van der Waals surface area (Å²) in [5.41, 5.74) is 1.62. The zero-order valence-corrected chi connectivity index (χ0v) is 16.0. The summed E-state index contributed by atoms with van der Waals surface area (Å²) >= 11 is 0. The standard InChI is InChI=1S/C19H22N2O6S/c22-16(11-21-18(23)13-28(24)12-17-2-1-7-25-17)4-3-15-10-14(5-6-20-15)19-26-8-9-27-19/h1-2,4-7,10,19,22H,3,8-9,11-13H2,(H,21,23)/b16-4-. The van der Waals surface area contributed by atoms with Gasteiger partial charge in [0.25, 0.3) is 0 Å². The number of carbonyl (C=O) groups is 1. The van der Waals surface area contributed by atoms with E-state index in [-0.39, 0.29) is 30.1 Å². The summed E-state index contributed by atoms with van der Waals surface area (Å²) in [5.74, 6) is 0.195. The van der Waals surface area contributed by atoms with Crippen LogP contribution in [0.3, 0.4) is 0 Å². The minimum Gasteiger partial charge on any atom is -0.511 e. The molecular weight excluding hydrogens is 384 g/mol. The molecule has 0 aromatic carbocycles. The molecule has 28 heavy (non-hydrogen) atoms. The number of allylic oxidation sites excluding steroid dienone is 1. The van der Waals surface area contributed by atoms with E-state index in [2.05, 4.69) is 10.3 Å². The van der Waals surface area contributed by atoms with Crippen molar-refractivity contribution in [3.05, 3.63) is 65.6 Å². The fourth-order valence-corrected chi connectivity index (χ4v) is 3.57. The van der Waals surface area contributed by atoms with Crippen molar-refractivity contribution in [2.75, 3.05) is 25.5 Å². The molecular formula is C19H22N2O6S. The molecule has 0 saturated carbocycles. The Morgan fingerprint density at radius 3 is 2.93 bits per heavy atom. The normalized spacial score (nSPS) is 16.2. The summed E-state index contributed by atoms with van der Waals surface area (Å²) in [7, 11) is -1.37. The van der Waals surface area contributed by atoms with Gasteiger partial charge in [-0.1, -0.05) is 0 Å². The fourth-order valence-electron chi connectivity index (χ4n) is 2.59. The highest BCUT2D eigenvalue weighted by atomic mass is 32.2. The van der Waals surface area contributed by atoms with Gasteiger partial charge in [0, 0.05) is 34.7 Å². The Bertz CT molecular complexity index is 831. The first-order valence-corrected chi connectivity index (χ1v) is 10.3. The minimum atomic E-state index is -1.37. The van der Waals surface area contributed by atoms with Crippen molar-refractivity contribution in [2.24, 2.45) is 0 Å². The highest BCUT2D eigenvalue weighted by Crippen LogP contribution is 2.23. The Kier molecular flexibility index (Phi) is 7.35. The van der Waals surface area contributed by atoms with Crippen LogP contribution in [0, 0.1) is 0 Å². The molecule has 0 aliphatic carbocycles. The highest BCUT2D eigenvalue weighted by Gasteiger charge is 2.18. The molecule has 1 fully saturated rings. The molecule has 1 aliphatic rings. The summed E-state index contributed by atoms with van der Waals surface area (Å²) < 4.78 is 27.9. The van der Waals surface area contributed by atoms with E-state index >= 15 is 0 Å². The second kappa shape index (κ2) is 10.2. The summed E-state index contributed by atoms with van der Waals surface area (Å²) in [6, 6.07) is 7.09. The number of pyridine rings is 1. The van der Waals surface area contributed by atoms with Crippen LogP contribution in [0.25, 0.3) is 0 Å². The Hall–Kier alpha value is -2.49. The third kappa shape index (κ3) is 6.29. The largest absolute Gasteiger partial charge is 0.511 e. The number of carbonyl (C=O) groups excluding carboxylic acids is 1. The summed E-state index contributed by atoms with van der Waals surface area (Å²) in [4.78, 5) is 16.1. The molecule has 2 aromatic rings. The number of hydrogen-bond donors (Lipinski definition) is 2. The van der Waals surface area contributed by atoms with Crippen LogP contribution in [0.5, 0.6) is 0 Å². The summed E-state index contributed by atoms with van der Waals surface area (Å²) in [6.45, 7) is 1.09. The molecule has 0 spiro atoms. The zero-order chi connectivity index (χ0) is 19.8. The van der Waals surface area contributed by atoms with Gasteiger partial charge in [0.1, 0.15) is 17.3 Å². The van der Waals surface area contributed by atoms with Gasteiger partial charge in [-0.05, 0) is 30.3 Å². The zero-order valence-electron chi connectivity index (χ0n) is 15.2.